The average molecular weight is 588 g/mol. The van der Waals surface area contributed by atoms with Gasteiger partial charge in [-0.25, -0.2) is 13.8 Å². The van der Waals surface area contributed by atoms with Gasteiger partial charge in [0.1, 0.15) is 17.4 Å². The van der Waals surface area contributed by atoms with Crippen molar-refractivity contribution in [2.24, 2.45) is 0 Å². The first-order chi connectivity index (χ1) is 17.8. The lowest BCUT2D eigenvalue weighted by Gasteiger charge is -2.14. The second kappa shape index (κ2) is 10.6. The molecule has 6 nitrogen and oxygen atoms in total. The van der Waals surface area contributed by atoms with Gasteiger partial charge in [-0.1, -0.05) is 0 Å². The van der Waals surface area contributed by atoms with Crippen molar-refractivity contribution in [2.45, 2.75) is 32.6 Å². The number of fused-ring (bicyclic) bond motifs is 1. The standard InChI is InChI=1S/C27H24BrF2N3O3S/c1-14-19-7-8-31-23(19)12-22(30)25(14)36-17-3-5-21(29)20(11-17)27-32-13-16(33-27)9-15-10-18(37-26(15)28)4-6-24(34)35-2/h3,5,10-13,31H,4,6-9H2,1-2H3,(H,32,33). The molecule has 1 aliphatic heterocycles. The van der Waals surface area contributed by atoms with Crippen LogP contribution in [-0.4, -0.2) is 29.6 Å². The predicted molar refractivity (Wildman–Crippen MR) is 143 cm³/mol. The Labute approximate surface area is 225 Å². The van der Waals surface area contributed by atoms with Gasteiger partial charge in [-0.15, -0.1) is 11.3 Å². The molecule has 0 unspecified atom stereocenters. The zero-order valence-corrected chi connectivity index (χ0v) is 22.6. The van der Waals surface area contributed by atoms with Crippen molar-refractivity contribution >= 4 is 38.9 Å². The molecule has 37 heavy (non-hydrogen) atoms. The van der Waals surface area contributed by atoms with Gasteiger partial charge in [0.05, 0.1) is 22.9 Å². The highest BCUT2D eigenvalue weighted by Crippen LogP contribution is 2.38. The second-order valence-corrected chi connectivity index (χ2v) is 11.2. The maximum Gasteiger partial charge on any atom is 0.305 e. The van der Waals surface area contributed by atoms with Gasteiger partial charge in [-0.3, -0.25) is 4.79 Å². The molecule has 0 radical (unpaired) electrons. The molecule has 192 valence electrons. The minimum atomic E-state index is -0.468. The highest BCUT2D eigenvalue weighted by atomic mass is 79.9. The molecule has 0 bridgehead atoms. The van der Waals surface area contributed by atoms with E-state index in [1.54, 1.807) is 17.5 Å². The summed E-state index contributed by atoms with van der Waals surface area (Å²) in [6.07, 6.45) is 3.93. The number of thiophene rings is 1. The van der Waals surface area contributed by atoms with Crippen molar-refractivity contribution in [3.05, 3.63) is 79.2 Å². The number of H-pyrrole nitrogens is 1. The van der Waals surface area contributed by atoms with Crippen LogP contribution in [0, 0.1) is 18.6 Å². The van der Waals surface area contributed by atoms with Crippen LogP contribution < -0.4 is 10.1 Å². The van der Waals surface area contributed by atoms with Gasteiger partial charge < -0.3 is 19.8 Å². The summed E-state index contributed by atoms with van der Waals surface area (Å²) in [6, 6.07) is 7.77. The van der Waals surface area contributed by atoms with Crippen LogP contribution in [0.5, 0.6) is 11.5 Å². The summed E-state index contributed by atoms with van der Waals surface area (Å²) in [6.45, 7) is 2.59. The number of aromatic amines is 1. The van der Waals surface area contributed by atoms with Crippen LogP contribution in [0.1, 0.15) is 33.7 Å². The average Bonchev–Trinajstić information content (AvgIpc) is 3.62. The third kappa shape index (κ3) is 5.40. The lowest BCUT2D eigenvalue weighted by Crippen LogP contribution is -2.00. The second-order valence-electron chi connectivity index (χ2n) is 8.78. The Morgan fingerprint density at radius 1 is 1.22 bits per heavy atom. The first-order valence-corrected chi connectivity index (χ1v) is 13.3. The number of ether oxygens (including phenoxy) is 2. The lowest BCUT2D eigenvalue weighted by molar-refractivity contribution is -0.140. The van der Waals surface area contributed by atoms with Crippen LogP contribution in [0.15, 0.2) is 40.3 Å². The molecule has 0 spiro atoms. The lowest BCUT2D eigenvalue weighted by atomic mass is 10.0. The van der Waals surface area contributed by atoms with Crippen LogP contribution >= 0.6 is 27.3 Å². The SMILES string of the molecule is COC(=O)CCc1cc(Cc2cnc(-c3cc(Oc4c(F)cc5c(c4C)CCN5)ccc3F)[nH]2)c(Br)s1. The number of rotatable bonds is 8. The van der Waals surface area contributed by atoms with Crippen molar-refractivity contribution < 1.29 is 23.0 Å². The van der Waals surface area contributed by atoms with E-state index in [0.717, 1.165) is 49.7 Å². The Bertz CT molecular complexity index is 1480. The normalized spacial score (nSPS) is 12.4. The quantitative estimate of drug-likeness (QED) is 0.218. The van der Waals surface area contributed by atoms with Crippen molar-refractivity contribution in [3.63, 3.8) is 0 Å². The van der Waals surface area contributed by atoms with Crippen molar-refractivity contribution in [1.82, 2.24) is 9.97 Å². The number of imidazole rings is 1. The topological polar surface area (TPSA) is 76.2 Å². The summed E-state index contributed by atoms with van der Waals surface area (Å²) in [5.74, 6) is -0.368. The number of methoxy groups -OCH3 is 1. The van der Waals surface area contributed by atoms with Crippen molar-refractivity contribution in [2.75, 3.05) is 19.0 Å². The van der Waals surface area contributed by atoms with E-state index in [2.05, 4.69) is 31.2 Å². The summed E-state index contributed by atoms with van der Waals surface area (Å²) in [7, 11) is 1.38. The van der Waals surface area contributed by atoms with Crippen LogP contribution in [-0.2, 0) is 28.8 Å². The number of aryl methyl sites for hydroxylation is 1. The van der Waals surface area contributed by atoms with Gasteiger partial charge in [-0.05, 0) is 71.1 Å². The van der Waals surface area contributed by atoms with Gasteiger partial charge in [0.2, 0.25) is 0 Å². The van der Waals surface area contributed by atoms with E-state index in [-0.39, 0.29) is 17.3 Å². The molecular weight excluding hydrogens is 564 g/mol. The predicted octanol–water partition coefficient (Wildman–Crippen LogP) is 6.94. The van der Waals surface area contributed by atoms with Gasteiger partial charge in [0, 0.05) is 47.1 Å². The number of benzene rings is 2. The Morgan fingerprint density at radius 3 is 2.86 bits per heavy atom. The van der Waals surface area contributed by atoms with Crippen LogP contribution in [0.25, 0.3) is 11.4 Å². The highest BCUT2D eigenvalue weighted by Gasteiger charge is 2.21. The maximum absolute atomic E-state index is 14.8. The summed E-state index contributed by atoms with van der Waals surface area (Å²) in [5, 5.41) is 3.17. The van der Waals surface area contributed by atoms with Crippen molar-refractivity contribution in [3.8, 4) is 22.9 Å². The molecule has 0 fully saturated rings. The van der Waals surface area contributed by atoms with Gasteiger partial charge in [0.25, 0.3) is 0 Å². The van der Waals surface area contributed by atoms with Crippen LogP contribution in [0.4, 0.5) is 14.5 Å². The largest absolute Gasteiger partial charge is 0.469 e. The monoisotopic (exact) mass is 587 g/mol. The number of carbonyl (C=O) groups is 1. The smallest absolute Gasteiger partial charge is 0.305 e. The molecule has 2 aromatic heterocycles. The van der Waals surface area contributed by atoms with Gasteiger partial charge in [-0.2, -0.15) is 0 Å². The number of aromatic nitrogens is 2. The molecule has 3 heterocycles. The van der Waals surface area contributed by atoms with E-state index in [0.29, 0.717) is 30.8 Å². The van der Waals surface area contributed by atoms with Crippen LogP contribution in [0.2, 0.25) is 0 Å². The van der Waals surface area contributed by atoms with E-state index in [1.807, 2.05) is 13.0 Å². The molecule has 0 saturated heterocycles. The van der Waals surface area contributed by atoms with Gasteiger partial charge >= 0.3 is 5.97 Å². The highest BCUT2D eigenvalue weighted by molar-refractivity contribution is 9.11. The van der Waals surface area contributed by atoms with E-state index >= 15 is 0 Å². The number of anilines is 1. The Morgan fingerprint density at radius 2 is 2.05 bits per heavy atom. The van der Waals surface area contributed by atoms with E-state index in [4.69, 9.17) is 9.47 Å². The fourth-order valence-corrected chi connectivity index (χ4v) is 6.19. The zero-order chi connectivity index (χ0) is 26.1. The molecular formula is C27H24BrF2N3O3S. The number of nitrogens with zero attached hydrogens (tertiary/aromatic N) is 1. The molecule has 1 aliphatic rings. The fourth-order valence-electron chi connectivity index (χ4n) is 4.42. The number of hydrogen-bond donors (Lipinski definition) is 2. The van der Waals surface area contributed by atoms with E-state index < -0.39 is 11.6 Å². The molecule has 4 aromatic rings. The zero-order valence-electron chi connectivity index (χ0n) is 20.2. The minimum absolute atomic E-state index is 0.144. The summed E-state index contributed by atoms with van der Waals surface area (Å²) in [4.78, 5) is 20.1. The molecule has 0 atom stereocenters. The van der Waals surface area contributed by atoms with Crippen LogP contribution in [0.3, 0.4) is 0 Å². The maximum atomic E-state index is 14.8. The number of carbonyl (C=O) groups excluding carboxylic acids is 1. The fraction of sp³-hybridized carbons (Fsp3) is 0.259. The molecule has 5 rings (SSSR count). The summed E-state index contributed by atoms with van der Waals surface area (Å²) >= 11 is 5.16. The third-order valence-corrected chi connectivity index (χ3v) is 8.35. The number of halogens is 3. The van der Waals surface area contributed by atoms with E-state index in [1.165, 1.54) is 31.4 Å². The summed E-state index contributed by atoms with van der Waals surface area (Å²) < 4.78 is 41.1. The molecule has 2 aromatic carbocycles. The molecule has 2 N–H and O–H groups in total. The molecule has 0 saturated carbocycles. The molecule has 0 amide bonds. The Balaban J connectivity index is 1.34. The number of esters is 1. The molecule has 0 aliphatic carbocycles. The Kier molecular flexibility index (Phi) is 7.30. The summed E-state index contributed by atoms with van der Waals surface area (Å²) in [5.41, 5.74) is 4.62. The minimum Gasteiger partial charge on any atom is -0.469 e. The third-order valence-electron chi connectivity index (χ3n) is 6.33. The number of hydrogen-bond acceptors (Lipinski definition) is 6. The first kappa shape index (κ1) is 25.4. The van der Waals surface area contributed by atoms with Crippen molar-refractivity contribution in [1.29, 1.82) is 0 Å². The Hall–Kier alpha value is -3.24. The van der Waals surface area contributed by atoms with E-state index in [9.17, 15) is 13.6 Å². The first-order valence-electron chi connectivity index (χ1n) is 11.7. The molecule has 10 heteroatoms. The van der Waals surface area contributed by atoms with Gasteiger partial charge in [0.15, 0.2) is 11.6 Å². The number of nitrogens with one attached hydrogen (secondary N) is 2.